The molecule has 2 heteroatoms. The Morgan fingerprint density at radius 3 is 2.74 bits per heavy atom. The third-order valence-corrected chi connectivity index (χ3v) is 3.64. The van der Waals surface area contributed by atoms with Gasteiger partial charge < -0.3 is 10.7 Å². The van der Waals surface area contributed by atoms with Gasteiger partial charge in [-0.2, -0.15) is 0 Å². The molecule has 0 saturated heterocycles. The summed E-state index contributed by atoms with van der Waals surface area (Å²) in [6.07, 6.45) is 2.99. The summed E-state index contributed by atoms with van der Waals surface area (Å²) in [5, 5.41) is 1.28. The van der Waals surface area contributed by atoms with Crippen LogP contribution in [0.15, 0.2) is 48.7 Å². The fraction of sp³-hybridized carbons (Fsp3) is 0.176. The van der Waals surface area contributed by atoms with Gasteiger partial charge in [0, 0.05) is 17.1 Å². The van der Waals surface area contributed by atoms with Gasteiger partial charge in [0.05, 0.1) is 0 Å². The summed E-state index contributed by atoms with van der Waals surface area (Å²) >= 11 is 0. The van der Waals surface area contributed by atoms with Gasteiger partial charge in [0.2, 0.25) is 0 Å². The first-order valence-corrected chi connectivity index (χ1v) is 6.65. The van der Waals surface area contributed by atoms with Crippen molar-refractivity contribution in [2.45, 2.75) is 13.3 Å². The molecule has 0 aliphatic heterocycles. The molecular formula is C17H18N2. The van der Waals surface area contributed by atoms with Gasteiger partial charge in [-0.1, -0.05) is 36.4 Å². The van der Waals surface area contributed by atoms with E-state index in [1.165, 1.54) is 33.2 Å². The second kappa shape index (κ2) is 4.90. The van der Waals surface area contributed by atoms with Crippen LogP contribution in [0.1, 0.15) is 11.1 Å². The van der Waals surface area contributed by atoms with Gasteiger partial charge in [0.1, 0.15) is 0 Å². The fourth-order valence-corrected chi connectivity index (χ4v) is 2.61. The smallest absolute Gasteiger partial charge is 0.0463 e. The molecule has 3 aromatic rings. The van der Waals surface area contributed by atoms with E-state index in [9.17, 15) is 0 Å². The largest absolute Gasteiger partial charge is 0.361 e. The molecule has 19 heavy (non-hydrogen) atoms. The Morgan fingerprint density at radius 1 is 1.11 bits per heavy atom. The van der Waals surface area contributed by atoms with Gasteiger partial charge in [0.15, 0.2) is 0 Å². The number of aromatic nitrogens is 1. The Balaban J connectivity index is 2.10. The zero-order valence-corrected chi connectivity index (χ0v) is 11.1. The molecule has 0 aliphatic carbocycles. The van der Waals surface area contributed by atoms with Crippen molar-refractivity contribution in [1.29, 1.82) is 0 Å². The standard InChI is InChI=1S/C17H18N2/c1-12-4-2-3-5-15(12)13-6-7-16-14(8-9-18)11-19-17(16)10-13/h2-7,10-11,19H,8-9,18H2,1H3. The normalized spacial score (nSPS) is 11.1. The van der Waals surface area contributed by atoms with E-state index in [4.69, 9.17) is 5.73 Å². The van der Waals surface area contributed by atoms with Crippen LogP contribution in [0.5, 0.6) is 0 Å². The molecule has 1 aromatic heterocycles. The highest BCUT2D eigenvalue weighted by atomic mass is 14.7. The van der Waals surface area contributed by atoms with E-state index < -0.39 is 0 Å². The summed E-state index contributed by atoms with van der Waals surface area (Å²) < 4.78 is 0. The van der Waals surface area contributed by atoms with Gasteiger partial charge in [-0.15, -0.1) is 0 Å². The maximum Gasteiger partial charge on any atom is 0.0463 e. The molecular weight excluding hydrogens is 232 g/mol. The Bertz CT molecular complexity index is 710. The molecule has 96 valence electrons. The molecule has 0 spiro atoms. The maximum absolute atomic E-state index is 5.64. The number of nitrogens with two attached hydrogens (primary N) is 1. The van der Waals surface area contributed by atoms with Crippen LogP contribution in [-0.2, 0) is 6.42 Å². The molecule has 0 unspecified atom stereocenters. The van der Waals surface area contributed by atoms with E-state index in [1.54, 1.807) is 0 Å². The molecule has 3 rings (SSSR count). The van der Waals surface area contributed by atoms with Gasteiger partial charge in [-0.05, 0) is 48.2 Å². The van der Waals surface area contributed by atoms with Gasteiger partial charge >= 0.3 is 0 Å². The van der Waals surface area contributed by atoms with E-state index >= 15 is 0 Å². The Kier molecular flexibility index (Phi) is 3.10. The van der Waals surface area contributed by atoms with Crippen molar-refractivity contribution < 1.29 is 0 Å². The Hall–Kier alpha value is -2.06. The summed E-state index contributed by atoms with van der Waals surface area (Å²) in [4.78, 5) is 3.35. The van der Waals surface area contributed by atoms with Gasteiger partial charge in [-0.25, -0.2) is 0 Å². The quantitative estimate of drug-likeness (QED) is 0.732. The molecule has 0 radical (unpaired) electrons. The SMILES string of the molecule is Cc1ccccc1-c1ccc2c(CCN)c[nH]c2c1. The maximum atomic E-state index is 5.64. The average molecular weight is 250 g/mol. The van der Waals surface area contributed by atoms with Gasteiger partial charge in [-0.3, -0.25) is 0 Å². The molecule has 0 saturated carbocycles. The van der Waals surface area contributed by atoms with Crippen LogP contribution in [0.4, 0.5) is 0 Å². The predicted octanol–water partition coefficient (Wildman–Crippen LogP) is 3.64. The monoisotopic (exact) mass is 250 g/mol. The lowest BCUT2D eigenvalue weighted by Crippen LogP contribution is -2.01. The van der Waals surface area contributed by atoms with Crippen LogP contribution in [-0.4, -0.2) is 11.5 Å². The van der Waals surface area contributed by atoms with Crippen molar-refractivity contribution in [3.63, 3.8) is 0 Å². The number of aromatic amines is 1. The second-order valence-electron chi connectivity index (χ2n) is 4.93. The third-order valence-electron chi connectivity index (χ3n) is 3.64. The zero-order chi connectivity index (χ0) is 13.2. The molecule has 1 heterocycles. The minimum atomic E-state index is 0.687. The van der Waals surface area contributed by atoms with E-state index in [1.807, 2.05) is 0 Å². The number of nitrogens with one attached hydrogen (secondary N) is 1. The third kappa shape index (κ3) is 2.15. The lowest BCUT2D eigenvalue weighted by atomic mass is 9.99. The highest BCUT2D eigenvalue weighted by Gasteiger charge is 2.06. The van der Waals surface area contributed by atoms with Crippen LogP contribution in [0, 0.1) is 6.92 Å². The van der Waals surface area contributed by atoms with Crippen molar-refractivity contribution in [3.8, 4) is 11.1 Å². The highest BCUT2D eigenvalue weighted by Crippen LogP contribution is 2.28. The molecule has 0 fully saturated rings. The van der Waals surface area contributed by atoms with Gasteiger partial charge in [0.25, 0.3) is 0 Å². The summed E-state index contributed by atoms with van der Waals surface area (Å²) in [5.74, 6) is 0. The first kappa shape index (κ1) is 12.0. The number of hydrogen-bond acceptors (Lipinski definition) is 1. The molecule has 0 bridgehead atoms. The van der Waals surface area contributed by atoms with Crippen LogP contribution < -0.4 is 5.73 Å². The molecule has 0 atom stereocenters. The van der Waals surface area contributed by atoms with Crippen molar-refractivity contribution in [2.75, 3.05) is 6.54 Å². The average Bonchev–Trinajstić information content (AvgIpc) is 2.82. The van der Waals surface area contributed by atoms with Crippen molar-refractivity contribution >= 4 is 10.9 Å². The minimum absolute atomic E-state index is 0.687. The highest BCUT2D eigenvalue weighted by molar-refractivity contribution is 5.88. The first-order valence-electron chi connectivity index (χ1n) is 6.65. The lowest BCUT2D eigenvalue weighted by molar-refractivity contribution is 0.976. The van der Waals surface area contributed by atoms with Crippen LogP contribution in [0.2, 0.25) is 0 Å². The predicted molar refractivity (Wildman–Crippen MR) is 81.2 cm³/mol. The molecule has 2 aromatic carbocycles. The molecule has 3 N–H and O–H groups in total. The van der Waals surface area contributed by atoms with E-state index in [-0.39, 0.29) is 0 Å². The van der Waals surface area contributed by atoms with Crippen LogP contribution in [0.3, 0.4) is 0 Å². The molecule has 0 aliphatic rings. The number of aryl methyl sites for hydroxylation is 1. The molecule has 0 amide bonds. The number of H-pyrrole nitrogens is 1. The zero-order valence-electron chi connectivity index (χ0n) is 11.1. The van der Waals surface area contributed by atoms with Crippen LogP contribution >= 0.6 is 0 Å². The topological polar surface area (TPSA) is 41.8 Å². The fourth-order valence-electron chi connectivity index (χ4n) is 2.61. The summed E-state index contributed by atoms with van der Waals surface area (Å²) in [6.45, 7) is 2.83. The van der Waals surface area contributed by atoms with Crippen LogP contribution in [0.25, 0.3) is 22.0 Å². The Morgan fingerprint density at radius 2 is 1.95 bits per heavy atom. The van der Waals surface area contributed by atoms with E-state index in [0.717, 1.165) is 6.42 Å². The summed E-state index contributed by atoms with van der Waals surface area (Å²) in [5.41, 5.74) is 12.0. The minimum Gasteiger partial charge on any atom is -0.361 e. The molecule has 2 nitrogen and oxygen atoms in total. The number of benzene rings is 2. The lowest BCUT2D eigenvalue weighted by Gasteiger charge is -2.06. The van der Waals surface area contributed by atoms with E-state index in [0.29, 0.717) is 6.54 Å². The van der Waals surface area contributed by atoms with Crippen molar-refractivity contribution in [2.24, 2.45) is 5.73 Å². The summed E-state index contributed by atoms with van der Waals surface area (Å²) in [6, 6.07) is 15.1. The first-order chi connectivity index (χ1) is 9.29. The summed E-state index contributed by atoms with van der Waals surface area (Å²) in [7, 11) is 0. The number of hydrogen-bond donors (Lipinski definition) is 2. The van der Waals surface area contributed by atoms with Crippen molar-refractivity contribution in [3.05, 3.63) is 59.8 Å². The van der Waals surface area contributed by atoms with E-state index in [2.05, 4.69) is 60.6 Å². The van der Waals surface area contributed by atoms with Crippen molar-refractivity contribution in [1.82, 2.24) is 4.98 Å². The Labute approximate surface area is 113 Å². The second-order valence-corrected chi connectivity index (χ2v) is 4.93. The number of rotatable bonds is 3. The number of fused-ring (bicyclic) bond motifs is 1.